The summed E-state index contributed by atoms with van der Waals surface area (Å²) in [6, 6.07) is 10.9. The van der Waals surface area contributed by atoms with Gasteiger partial charge in [-0.25, -0.2) is 13.1 Å². The Labute approximate surface area is 197 Å². The van der Waals surface area contributed by atoms with E-state index in [0.29, 0.717) is 28.6 Å². The fraction of sp³-hybridized carbons (Fsp3) is 0.273. The van der Waals surface area contributed by atoms with Crippen molar-refractivity contribution >= 4 is 45.4 Å². The van der Waals surface area contributed by atoms with Crippen molar-refractivity contribution in [2.75, 3.05) is 38.2 Å². The molecule has 0 spiro atoms. The number of rotatable bonds is 8. The first-order valence-corrected chi connectivity index (χ1v) is 12.6. The van der Waals surface area contributed by atoms with E-state index in [0.717, 1.165) is 0 Å². The van der Waals surface area contributed by atoms with E-state index < -0.39 is 16.1 Å². The van der Waals surface area contributed by atoms with Gasteiger partial charge in [-0.05, 0) is 55.1 Å². The van der Waals surface area contributed by atoms with Crippen LogP contribution in [0.5, 0.6) is 11.5 Å². The lowest BCUT2D eigenvalue weighted by Crippen LogP contribution is -2.43. The third kappa shape index (κ3) is 5.86. The largest absolute Gasteiger partial charge is 0.497 e. The molecule has 11 heteroatoms. The SMILES string of the molecule is CNS(=O)(=O)c1cc(/C=C/C(=O)N2CSCC2C(=O)Nc2ccc(OC)cc2)ccc1OC. The van der Waals surface area contributed by atoms with Crippen LogP contribution >= 0.6 is 11.8 Å². The number of benzene rings is 2. The van der Waals surface area contributed by atoms with Gasteiger partial charge in [0, 0.05) is 17.5 Å². The molecule has 3 rings (SSSR count). The van der Waals surface area contributed by atoms with Crippen molar-refractivity contribution in [3.8, 4) is 11.5 Å². The molecule has 1 saturated heterocycles. The van der Waals surface area contributed by atoms with Crippen molar-refractivity contribution in [3.05, 3.63) is 54.1 Å². The first-order valence-electron chi connectivity index (χ1n) is 9.92. The van der Waals surface area contributed by atoms with Gasteiger partial charge < -0.3 is 19.7 Å². The normalized spacial score (nSPS) is 16.1. The molecular formula is C22H25N3O6S2. The minimum absolute atomic E-state index is 0.0319. The number of carbonyl (C=O) groups is 2. The summed E-state index contributed by atoms with van der Waals surface area (Å²) >= 11 is 1.49. The van der Waals surface area contributed by atoms with Crippen molar-refractivity contribution in [2.45, 2.75) is 10.9 Å². The van der Waals surface area contributed by atoms with Gasteiger partial charge in [0.2, 0.25) is 21.8 Å². The van der Waals surface area contributed by atoms with Crippen molar-refractivity contribution in [1.29, 1.82) is 0 Å². The molecule has 0 saturated carbocycles. The second-order valence-corrected chi connectivity index (χ2v) is 9.85. The van der Waals surface area contributed by atoms with Crippen LogP contribution in [-0.4, -0.2) is 64.1 Å². The number of methoxy groups -OCH3 is 2. The molecule has 2 N–H and O–H groups in total. The number of sulfonamides is 1. The van der Waals surface area contributed by atoms with E-state index in [9.17, 15) is 18.0 Å². The number of carbonyl (C=O) groups excluding carboxylic acids is 2. The summed E-state index contributed by atoms with van der Waals surface area (Å²) in [6.45, 7) is 0. The van der Waals surface area contributed by atoms with Crippen LogP contribution in [0, 0.1) is 0 Å². The molecule has 9 nitrogen and oxygen atoms in total. The highest BCUT2D eigenvalue weighted by Gasteiger charge is 2.33. The molecule has 1 atom stereocenters. The molecule has 1 unspecified atom stereocenters. The van der Waals surface area contributed by atoms with E-state index in [1.165, 1.54) is 55.1 Å². The lowest BCUT2D eigenvalue weighted by atomic mass is 10.2. The minimum atomic E-state index is -3.74. The third-order valence-corrected chi connectivity index (χ3v) is 7.44. The number of ether oxygens (including phenoxy) is 2. The highest BCUT2D eigenvalue weighted by atomic mass is 32.2. The Kier molecular flexibility index (Phi) is 8.01. The number of hydrogen-bond acceptors (Lipinski definition) is 7. The number of nitrogens with one attached hydrogen (secondary N) is 2. The highest BCUT2D eigenvalue weighted by molar-refractivity contribution is 7.99. The Morgan fingerprint density at radius 2 is 1.85 bits per heavy atom. The molecular weight excluding hydrogens is 466 g/mol. The van der Waals surface area contributed by atoms with Crippen molar-refractivity contribution in [3.63, 3.8) is 0 Å². The summed E-state index contributed by atoms with van der Waals surface area (Å²) < 4.78 is 37.0. The van der Waals surface area contributed by atoms with Crippen LogP contribution < -0.4 is 19.5 Å². The predicted octanol–water partition coefficient (Wildman–Crippen LogP) is 2.17. The van der Waals surface area contributed by atoms with Crippen LogP contribution in [0.2, 0.25) is 0 Å². The second-order valence-electron chi connectivity index (χ2n) is 6.99. The zero-order chi connectivity index (χ0) is 24.0. The van der Waals surface area contributed by atoms with Gasteiger partial charge in [0.15, 0.2) is 0 Å². The zero-order valence-corrected chi connectivity index (χ0v) is 20.0. The molecule has 1 aliphatic rings. The lowest BCUT2D eigenvalue weighted by Gasteiger charge is -2.21. The lowest BCUT2D eigenvalue weighted by molar-refractivity contribution is -0.132. The Morgan fingerprint density at radius 3 is 2.48 bits per heavy atom. The number of amides is 2. The Morgan fingerprint density at radius 1 is 1.12 bits per heavy atom. The summed E-state index contributed by atoms with van der Waals surface area (Å²) in [4.78, 5) is 27.0. The van der Waals surface area contributed by atoms with Gasteiger partial charge in [0.05, 0.1) is 20.1 Å². The van der Waals surface area contributed by atoms with Gasteiger partial charge in [-0.15, -0.1) is 11.8 Å². The van der Waals surface area contributed by atoms with E-state index in [2.05, 4.69) is 10.0 Å². The standard InChI is InChI=1S/C22H25N3O6S2/c1-23-33(28,29)20-12-15(4-10-19(20)31-3)5-11-21(26)25-14-32-13-18(25)22(27)24-16-6-8-17(30-2)9-7-16/h4-12,18,23H,13-14H2,1-3H3,(H,24,27)/b11-5+. The number of anilines is 1. The molecule has 1 fully saturated rings. The second kappa shape index (κ2) is 10.7. The predicted molar refractivity (Wildman–Crippen MR) is 128 cm³/mol. The van der Waals surface area contributed by atoms with Crippen LogP contribution in [0.3, 0.4) is 0 Å². The molecule has 1 heterocycles. The summed E-state index contributed by atoms with van der Waals surface area (Å²) in [7, 11) is 0.511. The average molecular weight is 492 g/mol. The summed E-state index contributed by atoms with van der Waals surface area (Å²) in [5.74, 6) is 1.11. The maximum Gasteiger partial charge on any atom is 0.248 e. The smallest absolute Gasteiger partial charge is 0.248 e. The molecule has 1 aliphatic heterocycles. The molecule has 0 aromatic heterocycles. The van der Waals surface area contributed by atoms with E-state index in [-0.39, 0.29) is 22.5 Å². The van der Waals surface area contributed by atoms with Gasteiger partial charge in [-0.3, -0.25) is 9.59 Å². The number of hydrogen-bond donors (Lipinski definition) is 2. The van der Waals surface area contributed by atoms with Gasteiger partial charge in [0.1, 0.15) is 22.4 Å². The molecule has 2 aromatic carbocycles. The Balaban J connectivity index is 1.72. The maximum atomic E-state index is 12.8. The van der Waals surface area contributed by atoms with Crippen LogP contribution in [0.4, 0.5) is 5.69 Å². The van der Waals surface area contributed by atoms with E-state index in [1.54, 1.807) is 37.4 Å². The van der Waals surface area contributed by atoms with Crippen LogP contribution in [-0.2, 0) is 19.6 Å². The molecule has 176 valence electrons. The van der Waals surface area contributed by atoms with E-state index >= 15 is 0 Å². The van der Waals surface area contributed by atoms with Crippen molar-refractivity contribution in [1.82, 2.24) is 9.62 Å². The van der Waals surface area contributed by atoms with Crippen LogP contribution in [0.15, 0.2) is 53.4 Å². The van der Waals surface area contributed by atoms with Gasteiger partial charge in [-0.2, -0.15) is 0 Å². The minimum Gasteiger partial charge on any atom is -0.497 e. The summed E-state index contributed by atoms with van der Waals surface area (Å²) in [5, 5.41) is 2.82. The fourth-order valence-electron chi connectivity index (χ4n) is 3.16. The van der Waals surface area contributed by atoms with Gasteiger partial charge in [0.25, 0.3) is 0 Å². The molecule has 0 bridgehead atoms. The molecule has 33 heavy (non-hydrogen) atoms. The average Bonchev–Trinajstić information content (AvgIpc) is 3.33. The quantitative estimate of drug-likeness (QED) is 0.544. The van der Waals surface area contributed by atoms with E-state index in [4.69, 9.17) is 9.47 Å². The highest BCUT2D eigenvalue weighted by Crippen LogP contribution is 2.26. The molecule has 2 aromatic rings. The van der Waals surface area contributed by atoms with E-state index in [1.807, 2.05) is 0 Å². The number of thioether (sulfide) groups is 1. The van der Waals surface area contributed by atoms with Gasteiger partial charge in [-0.1, -0.05) is 6.07 Å². The van der Waals surface area contributed by atoms with Crippen molar-refractivity contribution in [2.24, 2.45) is 0 Å². The maximum absolute atomic E-state index is 12.8. The van der Waals surface area contributed by atoms with Gasteiger partial charge >= 0.3 is 0 Å². The van der Waals surface area contributed by atoms with Crippen LogP contribution in [0.25, 0.3) is 6.08 Å². The monoisotopic (exact) mass is 491 g/mol. The topological polar surface area (TPSA) is 114 Å². The fourth-order valence-corrected chi connectivity index (χ4v) is 5.25. The van der Waals surface area contributed by atoms with Crippen LogP contribution in [0.1, 0.15) is 5.56 Å². The first kappa shape index (κ1) is 24.6. The third-order valence-electron chi connectivity index (χ3n) is 4.99. The Bertz CT molecular complexity index is 1150. The summed E-state index contributed by atoms with van der Waals surface area (Å²) in [5.41, 5.74) is 1.11. The van der Waals surface area contributed by atoms with Crippen molar-refractivity contribution < 1.29 is 27.5 Å². The molecule has 0 radical (unpaired) electrons. The first-order chi connectivity index (χ1) is 15.8. The summed E-state index contributed by atoms with van der Waals surface area (Å²) in [6.07, 6.45) is 2.84. The number of nitrogens with zero attached hydrogens (tertiary/aromatic N) is 1. The molecule has 2 amide bonds. The molecule has 0 aliphatic carbocycles. The zero-order valence-electron chi connectivity index (χ0n) is 18.4. The Hall–Kier alpha value is -3.02.